The third kappa shape index (κ3) is 4.18. The van der Waals surface area contributed by atoms with E-state index in [0.717, 1.165) is 19.4 Å². The van der Waals surface area contributed by atoms with Gasteiger partial charge in [-0.15, -0.1) is 0 Å². The van der Waals surface area contributed by atoms with Gasteiger partial charge in [-0.25, -0.2) is 0 Å². The van der Waals surface area contributed by atoms with Gasteiger partial charge in [0, 0.05) is 17.6 Å². The number of carbonyl (C=O) groups is 1. The lowest BCUT2D eigenvalue weighted by Gasteiger charge is -2.19. The maximum Gasteiger partial charge on any atom is 0.258 e. The lowest BCUT2D eigenvalue weighted by molar-refractivity contribution is -0.124. The van der Waals surface area contributed by atoms with Gasteiger partial charge in [0.05, 0.1) is 5.54 Å². The Labute approximate surface area is 142 Å². The summed E-state index contributed by atoms with van der Waals surface area (Å²) < 4.78 is 5.51. The maximum absolute atomic E-state index is 12.2. The van der Waals surface area contributed by atoms with E-state index < -0.39 is 0 Å². The standard InChI is InChI=1S/C18H25ClN2O2/c1-3-18(10-15(18)20-12-17(2)8-9-17)21-16(22)11-23-14-6-4-13(19)5-7-14/h4-7,15,20H,3,8-12H2,1-2H3,(H,21,22). The molecular formula is C18H25ClN2O2. The molecule has 1 amide bonds. The number of rotatable bonds is 8. The van der Waals surface area contributed by atoms with Gasteiger partial charge in [0.2, 0.25) is 0 Å². The summed E-state index contributed by atoms with van der Waals surface area (Å²) in [6.07, 6.45) is 4.57. The zero-order valence-electron chi connectivity index (χ0n) is 13.8. The van der Waals surface area contributed by atoms with Gasteiger partial charge in [0.25, 0.3) is 5.91 Å². The van der Waals surface area contributed by atoms with Crippen LogP contribution in [0.15, 0.2) is 24.3 Å². The second kappa shape index (κ2) is 6.33. The summed E-state index contributed by atoms with van der Waals surface area (Å²) in [4.78, 5) is 12.2. The van der Waals surface area contributed by atoms with Crippen LogP contribution in [-0.2, 0) is 4.79 Å². The SMILES string of the molecule is CCC1(NC(=O)COc2ccc(Cl)cc2)CC1NCC1(C)CC1. The van der Waals surface area contributed by atoms with Crippen molar-refractivity contribution in [3.63, 3.8) is 0 Å². The first-order valence-electron chi connectivity index (χ1n) is 8.37. The highest BCUT2D eigenvalue weighted by Crippen LogP contribution is 2.46. The largest absolute Gasteiger partial charge is 0.484 e. The summed E-state index contributed by atoms with van der Waals surface area (Å²) in [6, 6.07) is 7.43. The van der Waals surface area contributed by atoms with E-state index in [2.05, 4.69) is 24.5 Å². The Kier molecular flexibility index (Phi) is 4.56. The van der Waals surface area contributed by atoms with Crippen LogP contribution in [-0.4, -0.2) is 30.6 Å². The van der Waals surface area contributed by atoms with E-state index in [-0.39, 0.29) is 18.1 Å². The van der Waals surface area contributed by atoms with Gasteiger partial charge in [0.15, 0.2) is 6.61 Å². The molecule has 23 heavy (non-hydrogen) atoms. The molecule has 2 atom stereocenters. The monoisotopic (exact) mass is 336 g/mol. The van der Waals surface area contributed by atoms with Crippen molar-refractivity contribution in [3.05, 3.63) is 29.3 Å². The van der Waals surface area contributed by atoms with E-state index in [1.165, 1.54) is 12.8 Å². The number of benzene rings is 1. The van der Waals surface area contributed by atoms with Crippen LogP contribution < -0.4 is 15.4 Å². The second-order valence-corrected chi connectivity index (χ2v) is 7.69. The van der Waals surface area contributed by atoms with Crippen LogP contribution in [0.2, 0.25) is 5.02 Å². The van der Waals surface area contributed by atoms with Gasteiger partial charge < -0.3 is 15.4 Å². The Bertz CT molecular complexity index is 571. The molecular weight excluding hydrogens is 312 g/mol. The van der Waals surface area contributed by atoms with Crippen molar-refractivity contribution in [2.24, 2.45) is 5.41 Å². The molecule has 4 nitrogen and oxygen atoms in total. The van der Waals surface area contributed by atoms with Crippen molar-refractivity contribution in [2.75, 3.05) is 13.2 Å². The maximum atomic E-state index is 12.2. The molecule has 3 rings (SSSR count). The molecule has 2 saturated carbocycles. The molecule has 1 aromatic rings. The normalized spacial score (nSPS) is 27.3. The summed E-state index contributed by atoms with van der Waals surface area (Å²) >= 11 is 5.83. The molecule has 126 valence electrons. The van der Waals surface area contributed by atoms with E-state index in [1.54, 1.807) is 24.3 Å². The first-order chi connectivity index (χ1) is 10.9. The van der Waals surface area contributed by atoms with Crippen molar-refractivity contribution >= 4 is 17.5 Å². The van der Waals surface area contributed by atoms with E-state index in [1.807, 2.05) is 0 Å². The highest BCUT2D eigenvalue weighted by molar-refractivity contribution is 6.30. The number of hydrogen-bond acceptors (Lipinski definition) is 3. The molecule has 0 saturated heterocycles. The molecule has 1 aromatic carbocycles. The third-order valence-corrected chi connectivity index (χ3v) is 5.41. The fourth-order valence-corrected chi connectivity index (χ4v) is 3.07. The topological polar surface area (TPSA) is 50.4 Å². The number of carbonyl (C=O) groups excluding carboxylic acids is 1. The molecule has 0 aliphatic heterocycles. The zero-order chi connectivity index (χ0) is 16.5. The van der Waals surface area contributed by atoms with Gasteiger partial charge in [-0.2, -0.15) is 0 Å². The van der Waals surface area contributed by atoms with E-state index >= 15 is 0 Å². The van der Waals surface area contributed by atoms with Crippen molar-refractivity contribution in [2.45, 2.75) is 51.1 Å². The minimum Gasteiger partial charge on any atom is -0.484 e. The van der Waals surface area contributed by atoms with E-state index in [4.69, 9.17) is 16.3 Å². The van der Waals surface area contributed by atoms with Crippen LogP contribution in [0.3, 0.4) is 0 Å². The smallest absolute Gasteiger partial charge is 0.258 e. The van der Waals surface area contributed by atoms with Crippen LogP contribution in [0.25, 0.3) is 0 Å². The number of ether oxygens (including phenoxy) is 1. The van der Waals surface area contributed by atoms with Gasteiger partial charge >= 0.3 is 0 Å². The van der Waals surface area contributed by atoms with Crippen LogP contribution in [0.5, 0.6) is 5.75 Å². The van der Waals surface area contributed by atoms with Crippen LogP contribution >= 0.6 is 11.6 Å². The Hall–Kier alpha value is -1.26. The molecule has 0 aromatic heterocycles. The van der Waals surface area contributed by atoms with Gasteiger partial charge in [-0.05, 0) is 55.4 Å². The molecule has 0 spiro atoms. The molecule has 2 aliphatic carbocycles. The van der Waals surface area contributed by atoms with Gasteiger partial charge in [0.1, 0.15) is 5.75 Å². The summed E-state index contributed by atoms with van der Waals surface area (Å²) in [5.41, 5.74) is 0.398. The lowest BCUT2D eigenvalue weighted by atomic mass is 10.1. The van der Waals surface area contributed by atoms with Gasteiger partial charge in [-0.1, -0.05) is 25.4 Å². The van der Waals surface area contributed by atoms with E-state index in [0.29, 0.717) is 22.2 Å². The fourth-order valence-electron chi connectivity index (χ4n) is 2.94. The van der Waals surface area contributed by atoms with Crippen molar-refractivity contribution in [1.29, 1.82) is 0 Å². The van der Waals surface area contributed by atoms with Crippen LogP contribution in [0.4, 0.5) is 0 Å². The molecule has 2 unspecified atom stereocenters. The Morgan fingerprint density at radius 3 is 2.65 bits per heavy atom. The average Bonchev–Trinajstić information content (AvgIpc) is 3.43. The summed E-state index contributed by atoms with van der Waals surface area (Å²) in [7, 11) is 0. The Morgan fingerprint density at radius 2 is 2.04 bits per heavy atom. The zero-order valence-corrected chi connectivity index (χ0v) is 14.6. The summed E-state index contributed by atoms with van der Waals surface area (Å²) in [5.74, 6) is 0.589. The van der Waals surface area contributed by atoms with Crippen molar-refractivity contribution < 1.29 is 9.53 Å². The summed E-state index contributed by atoms with van der Waals surface area (Å²) in [5, 5.41) is 7.42. The Morgan fingerprint density at radius 1 is 1.35 bits per heavy atom. The number of halogens is 1. The fraction of sp³-hybridized carbons (Fsp3) is 0.611. The molecule has 0 bridgehead atoms. The molecule has 5 heteroatoms. The van der Waals surface area contributed by atoms with Crippen LogP contribution in [0, 0.1) is 5.41 Å². The highest BCUT2D eigenvalue weighted by atomic mass is 35.5. The first-order valence-corrected chi connectivity index (χ1v) is 8.75. The lowest BCUT2D eigenvalue weighted by Crippen LogP contribution is -2.45. The number of nitrogens with one attached hydrogen (secondary N) is 2. The van der Waals surface area contributed by atoms with Crippen LogP contribution in [0.1, 0.15) is 39.5 Å². The predicted molar refractivity (Wildman–Crippen MR) is 91.9 cm³/mol. The quantitative estimate of drug-likeness (QED) is 0.766. The molecule has 2 aliphatic rings. The average molecular weight is 337 g/mol. The molecule has 2 fully saturated rings. The Balaban J connectivity index is 1.43. The highest BCUT2D eigenvalue weighted by Gasteiger charge is 2.54. The molecule has 0 heterocycles. The molecule has 0 radical (unpaired) electrons. The first kappa shape index (κ1) is 16.6. The third-order valence-electron chi connectivity index (χ3n) is 5.16. The van der Waals surface area contributed by atoms with Gasteiger partial charge in [-0.3, -0.25) is 4.79 Å². The number of hydrogen-bond donors (Lipinski definition) is 2. The minimum absolute atomic E-state index is 0.0355. The number of amides is 1. The molecule has 2 N–H and O–H groups in total. The second-order valence-electron chi connectivity index (χ2n) is 7.25. The van der Waals surface area contributed by atoms with Crippen molar-refractivity contribution in [3.8, 4) is 5.75 Å². The minimum atomic E-state index is -0.0916. The van der Waals surface area contributed by atoms with E-state index in [9.17, 15) is 4.79 Å². The van der Waals surface area contributed by atoms with Crippen molar-refractivity contribution in [1.82, 2.24) is 10.6 Å². The predicted octanol–water partition coefficient (Wildman–Crippen LogP) is 3.15. The summed E-state index contributed by atoms with van der Waals surface area (Å²) in [6.45, 7) is 5.53.